The molecule has 0 aromatic heterocycles. The summed E-state index contributed by atoms with van der Waals surface area (Å²) < 4.78 is 5.57. The van der Waals surface area contributed by atoms with Crippen molar-refractivity contribution in [1.29, 1.82) is 0 Å². The maximum Gasteiger partial charge on any atom is 0.128 e. The summed E-state index contributed by atoms with van der Waals surface area (Å²) >= 11 is 0. The van der Waals surface area contributed by atoms with Gasteiger partial charge in [-0.05, 0) is 36.8 Å². The topological polar surface area (TPSA) is 9.23 Å². The van der Waals surface area contributed by atoms with Gasteiger partial charge in [-0.2, -0.15) is 0 Å². The lowest BCUT2D eigenvalue weighted by Gasteiger charge is -2.09. The fourth-order valence-electron chi connectivity index (χ4n) is 1.43. The zero-order valence-corrected chi connectivity index (χ0v) is 8.45. The molecule has 2 aromatic carbocycles. The van der Waals surface area contributed by atoms with Crippen LogP contribution in [-0.4, -0.2) is 6.10 Å². The Morgan fingerprint density at radius 3 is 2.57 bits per heavy atom. The van der Waals surface area contributed by atoms with Crippen molar-refractivity contribution >= 4 is 10.8 Å². The van der Waals surface area contributed by atoms with Crippen LogP contribution < -0.4 is 4.74 Å². The van der Waals surface area contributed by atoms with E-state index in [-0.39, 0.29) is 6.10 Å². The Kier molecular flexibility index (Phi) is 2.40. The second kappa shape index (κ2) is 3.70. The van der Waals surface area contributed by atoms with Crippen LogP contribution in [0.1, 0.15) is 13.8 Å². The van der Waals surface area contributed by atoms with Gasteiger partial charge in [-0.1, -0.05) is 24.3 Å². The van der Waals surface area contributed by atoms with Crippen LogP contribution in [0.4, 0.5) is 0 Å². The predicted molar refractivity (Wildman–Crippen MR) is 58.5 cm³/mol. The second-order valence-corrected chi connectivity index (χ2v) is 3.59. The zero-order valence-electron chi connectivity index (χ0n) is 8.45. The third-order valence-electron chi connectivity index (χ3n) is 2.02. The first-order valence-electron chi connectivity index (χ1n) is 4.83. The van der Waals surface area contributed by atoms with E-state index in [4.69, 9.17) is 4.74 Å². The quantitative estimate of drug-likeness (QED) is 0.696. The van der Waals surface area contributed by atoms with Crippen LogP contribution in [0.15, 0.2) is 36.4 Å². The van der Waals surface area contributed by atoms with Crippen molar-refractivity contribution < 1.29 is 4.74 Å². The van der Waals surface area contributed by atoms with Gasteiger partial charge < -0.3 is 4.74 Å². The van der Waals surface area contributed by atoms with Crippen LogP contribution in [0.2, 0.25) is 0 Å². The van der Waals surface area contributed by atoms with Gasteiger partial charge >= 0.3 is 0 Å². The van der Waals surface area contributed by atoms with E-state index >= 15 is 0 Å². The highest BCUT2D eigenvalue weighted by atomic mass is 16.5. The van der Waals surface area contributed by atoms with Crippen LogP contribution in [0.5, 0.6) is 5.75 Å². The normalized spacial score (nSPS) is 10.8. The van der Waals surface area contributed by atoms with Gasteiger partial charge in [-0.25, -0.2) is 0 Å². The van der Waals surface area contributed by atoms with E-state index in [0.29, 0.717) is 0 Å². The monoisotopic (exact) mass is 185 g/mol. The third kappa shape index (κ3) is 1.87. The summed E-state index contributed by atoms with van der Waals surface area (Å²) in [4.78, 5) is 0. The number of ether oxygens (including phenoxy) is 1. The highest BCUT2D eigenvalue weighted by molar-refractivity contribution is 5.83. The van der Waals surface area contributed by atoms with Crippen LogP contribution in [0.25, 0.3) is 10.8 Å². The zero-order chi connectivity index (χ0) is 9.97. The number of benzene rings is 2. The highest BCUT2D eigenvalue weighted by Gasteiger charge is 1.99. The fourth-order valence-corrected chi connectivity index (χ4v) is 1.43. The van der Waals surface area contributed by atoms with Gasteiger partial charge in [0.1, 0.15) is 5.75 Å². The van der Waals surface area contributed by atoms with Crippen LogP contribution in [0.3, 0.4) is 0 Å². The van der Waals surface area contributed by atoms with E-state index in [2.05, 4.69) is 18.2 Å². The van der Waals surface area contributed by atoms with Gasteiger partial charge in [0.2, 0.25) is 0 Å². The molecule has 0 N–H and O–H groups in total. The van der Waals surface area contributed by atoms with Gasteiger partial charge in [0, 0.05) is 6.07 Å². The smallest absolute Gasteiger partial charge is 0.128 e. The molecule has 2 rings (SSSR count). The Balaban J connectivity index is 2.41. The molecular formula is C13H13O. The van der Waals surface area contributed by atoms with E-state index < -0.39 is 0 Å². The minimum Gasteiger partial charge on any atom is -0.490 e. The van der Waals surface area contributed by atoms with Crippen LogP contribution >= 0.6 is 0 Å². The number of fused-ring (bicyclic) bond motifs is 1. The average Bonchev–Trinajstić information content (AvgIpc) is 2.17. The molecule has 0 saturated heterocycles. The van der Waals surface area contributed by atoms with Crippen molar-refractivity contribution in [1.82, 2.24) is 0 Å². The van der Waals surface area contributed by atoms with Crippen LogP contribution in [-0.2, 0) is 0 Å². The molecule has 71 valence electrons. The molecule has 0 unspecified atom stereocenters. The Morgan fingerprint density at radius 2 is 1.86 bits per heavy atom. The van der Waals surface area contributed by atoms with Crippen molar-refractivity contribution in [2.75, 3.05) is 0 Å². The number of rotatable bonds is 2. The molecule has 0 saturated carbocycles. The Labute approximate surface area is 84.3 Å². The SMILES string of the molecule is CC(C)Oc1[c]cc2ccccc2c1. The first-order valence-corrected chi connectivity index (χ1v) is 4.83. The molecule has 0 spiro atoms. The van der Waals surface area contributed by atoms with Gasteiger partial charge in [-0.3, -0.25) is 0 Å². The molecule has 14 heavy (non-hydrogen) atoms. The third-order valence-corrected chi connectivity index (χ3v) is 2.02. The molecule has 1 radical (unpaired) electrons. The van der Waals surface area contributed by atoms with E-state index in [9.17, 15) is 0 Å². The number of hydrogen-bond acceptors (Lipinski definition) is 1. The summed E-state index contributed by atoms with van der Waals surface area (Å²) in [5.41, 5.74) is 0. The molecule has 0 amide bonds. The van der Waals surface area contributed by atoms with Crippen molar-refractivity contribution in [2.45, 2.75) is 20.0 Å². The molecule has 2 aromatic rings. The molecular weight excluding hydrogens is 172 g/mol. The molecule has 0 bridgehead atoms. The van der Waals surface area contributed by atoms with E-state index in [1.165, 1.54) is 10.8 Å². The first-order chi connectivity index (χ1) is 6.75. The number of hydrogen-bond donors (Lipinski definition) is 0. The lowest BCUT2D eigenvalue weighted by atomic mass is 10.1. The van der Waals surface area contributed by atoms with Crippen molar-refractivity contribution in [3.05, 3.63) is 42.5 Å². The first kappa shape index (κ1) is 9.07. The molecule has 0 atom stereocenters. The van der Waals surface area contributed by atoms with Crippen molar-refractivity contribution in [2.24, 2.45) is 0 Å². The fraction of sp³-hybridized carbons (Fsp3) is 0.231. The molecule has 0 heterocycles. The Hall–Kier alpha value is -1.50. The van der Waals surface area contributed by atoms with Gasteiger partial charge in [0.15, 0.2) is 0 Å². The largest absolute Gasteiger partial charge is 0.490 e. The summed E-state index contributed by atoms with van der Waals surface area (Å²) in [7, 11) is 0. The molecule has 0 aliphatic carbocycles. The van der Waals surface area contributed by atoms with Crippen molar-refractivity contribution in [3.63, 3.8) is 0 Å². The standard InChI is InChI=1S/C13H13O/c1-10(2)14-13-8-7-11-5-3-4-6-12(11)9-13/h3-7,9-10H,1-2H3. The molecule has 0 fully saturated rings. The van der Waals surface area contributed by atoms with Crippen LogP contribution in [0, 0.1) is 6.07 Å². The van der Waals surface area contributed by atoms with Gasteiger partial charge in [-0.15, -0.1) is 0 Å². The lowest BCUT2D eigenvalue weighted by Crippen LogP contribution is -2.05. The maximum atomic E-state index is 5.57. The average molecular weight is 185 g/mol. The Morgan fingerprint density at radius 1 is 1.14 bits per heavy atom. The Bertz CT molecular complexity index is 432. The van der Waals surface area contributed by atoms with E-state index in [0.717, 1.165) is 5.75 Å². The van der Waals surface area contributed by atoms with E-state index in [1.807, 2.05) is 38.1 Å². The minimum absolute atomic E-state index is 0.201. The second-order valence-electron chi connectivity index (χ2n) is 3.59. The molecule has 1 heteroatoms. The summed E-state index contributed by atoms with van der Waals surface area (Å²) in [6.07, 6.45) is 0.201. The summed E-state index contributed by atoms with van der Waals surface area (Å²) in [6.45, 7) is 4.03. The minimum atomic E-state index is 0.201. The molecule has 1 nitrogen and oxygen atoms in total. The van der Waals surface area contributed by atoms with E-state index in [1.54, 1.807) is 0 Å². The molecule has 0 aliphatic rings. The molecule has 0 aliphatic heterocycles. The maximum absolute atomic E-state index is 5.57. The highest BCUT2D eigenvalue weighted by Crippen LogP contribution is 2.20. The summed E-state index contributed by atoms with van der Waals surface area (Å²) in [6, 6.07) is 15.3. The van der Waals surface area contributed by atoms with Gasteiger partial charge in [0.05, 0.1) is 6.10 Å². The summed E-state index contributed by atoms with van der Waals surface area (Å²) in [5.74, 6) is 0.818. The lowest BCUT2D eigenvalue weighted by molar-refractivity contribution is 0.242. The summed E-state index contributed by atoms with van der Waals surface area (Å²) in [5, 5.41) is 2.39. The predicted octanol–water partition coefficient (Wildman–Crippen LogP) is 3.43. The van der Waals surface area contributed by atoms with Crippen molar-refractivity contribution in [3.8, 4) is 5.75 Å². The van der Waals surface area contributed by atoms with Gasteiger partial charge in [0.25, 0.3) is 0 Å².